The van der Waals surface area contributed by atoms with Crippen molar-refractivity contribution in [3.05, 3.63) is 34.9 Å². The van der Waals surface area contributed by atoms with Gasteiger partial charge in [-0.1, -0.05) is 39.3 Å². The molecule has 0 aromatic heterocycles. The van der Waals surface area contributed by atoms with Gasteiger partial charge >= 0.3 is 11.9 Å². The van der Waals surface area contributed by atoms with Crippen LogP contribution in [0.1, 0.15) is 59.9 Å². The van der Waals surface area contributed by atoms with Gasteiger partial charge in [0.05, 0.1) is 24.3 Å². The summed E-state index contributed by atoms with van der Waals surface area (Å²) in [5.41, 5.74) is 1.30. The molecular weight excluding hydrogens is 268 g/mol. The van der Waals surface area contributed by atoms with Crippen LogP contribution in [0.2, 0.25) is 0 Å². The van der Waals surface area contributed by atoms with Gasteiger partial charge < -0.3 is 9.47 Å². The van der Waals surface area contributed by atoms with Gasteiger partial charge in [-0.3, -0.25) is 0 Å². The molecule has 0 atom stereocenters. The molecular formula is C17H24O4. The molecule has 1 aromatic rings. The summed E-state index contributed by atoms with van der Waals surface area (Å²) in [6.07, 6.45) is 1.76. The Bertz CT molecular complexity index is 492. The van der Waals surface area contributed by atoms with Gasteiger partial charge in [-0.25, -0.2) is 9.59 Å². The highest BCUT2D eigenvalue weighted by molar-refractivity contribution is 6.04. The largest absolute Gasteiger partial charge is 0.462 e. The molecule has 4 heteroatoms. The first kappa shape index (κ1) is 17.2. The molecule has 0 aliphatic rings. The van der Waals surface area contributed by atoms with Gasteiger partial charge in [0, 0.05) is 0 Å². The van der Waals surface area contributed by atoms with Crippen LogP contribution in [0.3, 0.4) is 0 Å². The molecule has 0 heterocycles. The van der Waals surface area contributed by atoms with E-state index >= 15 is 0 Å². The van der Waals surface area contributed by atoms with E-state index < -0.39 is 11.9 Å². The summed E-state index contributed by atoms with van der Waals surface area (Å²) in [5.74, 6) is -0.688. The van der Waals surface area contributed by atoms with Crippen molar-refractivity contribution in [1.29, 1.82) is 0 Å². The van der Waals surface area contributed by atoms with Crippen molar-refractivity contribution < 1.29 is 19.1 Å². The molecule has 0 bridgehead atoms. The van der Waals surface area contributed by atoms with Crippen molar-refractivity contribution in [3.63, 3.8) is 0 Å². The van der Waals surface area contributed by atoms with Crippen molar-refractivity contribution >= 4 is 11.9 Å². The fourth-order valence-electron chi connectivity index (χ4n) is 1.81. The van der Waals surface area contributed by atoms with E-state index in [9.17, 15) is 9.59 Å². The lowest BCUT2D eigenvalue weighted by atomic mass is 10.0. The van der Waals surface area contributed by atoms with Gasteiger partial charge in [-0.15, -0.1) is 0 Å². The van der Waals surface area contributed by atoms with E-state index in [1.165, 1.54) is 0 Å². The quantitative estimate of drug-likeness (QED) is 0.567. The van der Waals surface area contributed by atoms with Crippen molar-refractivity contribution in [1.82, 2.24) is 0 Å². The Morgan fingerprint density at radius 2 is 1.86 bits per heavy atom. The number of carbonyl (C=O) groups excluding carboxylic acids is 2. The first-order valence-electron chi connectivity index (χ1n) is 7.41. The van der Waals surface area contributed by atoms with E-state index in [2.05, 4.69) is 0 Å². The molecule has 0 fully saturated rings. The molecule has 0 spiro atoms. The van der Waals surface area contributed by atoms with Gasteiger partial charge in [0.1, 0.15) is 0 Å². The lowest BCUT2D eigenvalue weighted by Crippen LogP contribution is -2.17. The van der Waals surface area contributed by atoms with Crippen molar-refractivity contribution in [2.75, 3.05) is 13.2 Å². The molecule has 0 aliphatic carbocycles. The summed E-state index contributed by atoms with van der Waals surface area (Å²) in [7, 11) is 0. The molecule has 0 amide bonds. The Kier molecular flexibility index (Phi) is 6.92. The second kappa shape index (κ2) is 8.45. The molecule has 0 aliphatic heterocycles. The minimum absolute atomic E-state index is 0.249. The number of rotatable bonds is 7. The third-order valence-corrected chi connectivity index (χ3v) is 2.98. The zero-order valence-corrected chi connectivity index (χ0v) is 13.3. The molecule has 1 aromatic carbocycles. The van der Waals surface area contributed by atoms with Crippen LogP contribution < -0.4 is 0 Å². The van der Waals surface area contributed by atoms with E-state index in [0.717, 1.165) is 18.4 Å². The molecule has 0 N–H and O–H groups in total. The molecule has 4 nitrogen and oxygen atoms in total. The van der Waals surface area contributed by atoms with Gasteiger partial charge in [-0.2, -0.15) is 0 Å². The van der Waals surface area contributed by atoms with Crippen LogP contribution in [0, 0.1) is 12.8 Å². The minimum Gasteiger partial charge on any atom is -0.462 e. The second-order valence-corrected chi connectivity index (χ2v) is 5.48. The summed E-state index contributed by atoms with van der Waals surface area (Å²) in [5, 5.41) is 0. The Balaban J connectivity index is 2.91. The maximum Gasteiger partial charge on any atom is 0.339 e. The number of carbonyl (C=O) groups is 2. The normalized spacial score (nSPS) is 10.5. The third-order valence-electron chi connectivity index (χ3n) is 2.98. The van der Waals surface area contributed by atoms with Crippen LogP contribution in [-0.2, 0) is 9.47 Å². The van der Waals surface area contributed by atoms with Crippen LogP contribution in [-0.4, -0.2) is 25.2 Å². The number of ether oxygens (including phenoxy) is 2. The van der Waals surface area contributed by atoms with Gasteiger partial charge in [0.2, 0.25) is 0 Å². The zero-order chi connectivity index (χ0) is 15.8. The lowest BCUT2D eigenvalue weighted by molar-refractivity contribution is 0.0427. The molecule has 0 saturated carbocycles. The smallest absolute Gasteiger partial charge is 0.339 e. The molecule has 0 unspecified atom stereocenters. The average molecular weight is 292 g/mol. The zero-order valence-electron chi connectivity index (χ0n) is 13.3. The number of aryl methyl sites for hydroxylation is 1. The predicted octanol–water partition coefficient (Wildman–Crippen LogP) is 3.76. The van der Waals surface area contributed by atoms with Gasteiger partial charge in [-0.05, 0) is 30.9 Å². The van der Waals surface area contributed by atoms with E-state index in [-0.39, 0.29) is 11.5 Å². The topological polar surface area (TPSA) is 52.6 Å². The van der Waals surface area contributed by atoms with Crippen LogP contribution in [0.15, 0.2) is 18.2 Å². The summed E-state index contributed by atoms with van der Waals surface area (Å²) in [6.45, 7) is 8.43. The summed E-state index contributed by atoms with van der Waals surface area (Å²) in [6, 6.07) is 5.13. The van der Waals surface area contributed by atoms with E-state index in [1.54, 1.807) is 25.1 Å². The Hall–Kier alpha value is -1.84. The molecule has 0 saturated heterocycles. The number of benzene rings is 1. The van der Waals surface area contributed by atoms with Gasteiger partial charge in [0.25, 0.3) is 0 Å². The van der Waals surface area contributed by atoms with Gasteiger partial charge in [0.15, 0.2) is 0 Å². The van der Waals surface area contributed by atoms with Crippen molar-refractivity contribution in [2.24, 2.45) is 5.92 Å². The molecule has 1 rings (SSSR count). The SMILES string of the molecule is CCCCOC(=O)c1c(C)cccc1C(=O)OCC(C)C. The maximum absolute atomic E-state index is 12.2. The van der Waals surface area contributed by atoms with Crippen molar-refractivity contribution in [2.45, 2.75) is 40.5 Å². The van der Waals surface area contributed by atoms with Crippen LogP contribution >= 0.6 is 0 Å². The van der Waals surface area contributed by atoms with E-state index in [4.69, 9.17) is 9.47 Å². The van der Waals surface area contributed by atoms with Crippen LogP contribution in [0.5, 0.6) is 0 Å². The molecule has 21 heavy (non-hydrogen) atoms. The Labute approximate surface area is 126 Å². The second-order valence-electron chi connectivity index (χ2n) is 5.48. The number of hydrogen-bond acceptors (Lipinski definition) is 4. The lowest BCUT2D eigenvalue weighted by Gasteiger charge is -2.12. The van der Waals surface area contributed by atoms with Crippen LogP contribution in [0.4, 0.5) is 0 Å². The standard InChI is InChI=1S/C17H24O4/c1-5-6-10-20-17(19)15-13(4)8-7-9-14(15)16(18)21-11-12(2)3/h7-9,12H,5-6,10-11H2,1-4H3. The highest BCUT2D eigenvalue weighted by Gasteiger charge is 2.21. The van der Waals surface area contributed by atoms with E-state index in [1.807, 2.05) is 20.8 Å². The fraction of sp³-hybridized carbons (Fsp3) is 0.529. The maximum atomic E-state index is 12.2. The van der Waals surface area contributed by atoms with E-state index in [0.29, 0.717) is 18.8 Å². The first-order chi connectivity index (χ1) is 9.97. The monoisotopic (exact) mass is 292 g/mol. The summed E-state index contributed by atoms with van der Waals surface area (Å²) >= 11 is 0. The molecule has 116 valence electrons. The number of hydrogen-bond donors (Lipinski definition) is 0. The average Bonchev–Trinajstić information content (AvgIpc) is 2.44. The Morgan fingerprint density at radius 1 is 1.14 bits per heavy atom. The Morgan fingerprint density at radius 3 is 2.48 bits per heavy atom. The summed E-state index contributed by atoms with van der Waals surface area (Å²) in [4.78, 5) is 24.3. The van der Waals surface area contributed by atoms with Crippen LogP contribution in [0.25, 0.3) is 0 Å². The minimum atomic E-state index is -0.477. The first-order valence-corrected chi connectivity index (χ1v) is 7.41. The number of unbranched alkanes of at least 4 members (excludes halogenated alkanes) is 1. The highest BCUT2D eigenvalue weighted by Crippen LogP contribution is 2.17. The van der Waals surface area contributed by atoms with Crippen molar-refractivity contribution in [3.8, 4) is 0 Å². The molecule has 0 radical (unpaired) electrons. The third kappa shape index (κ3) is 5.21. The highest BCUT2D eigenvalue weighted by atomic mass is 16.5. The predicted molar refractivity (Wildman–Crippen MR) is 81.5 cm³/mol. The fourth-order valence-corrected chi connectivity index (χ4v) is 1.81. The summed E-state index contributed by atoms with van der Waals surface area (Å²) < 4.78 is 10.4. The number of esters is 2.